The molecule has 0 bridgehead atoms. The number of carboxylic acid groups (broad SMARTS) is 1. The molecule has 188 valence electrons. The molecule has 0 unspecified atom stereocenters. The van der Waals surface area contributed by atoms with Crippen molar-refractivity contribution in [2.45, 2.75) is 32.7 Å². The van der Waals surface area contributed by atoms with Crippen LogP contribution in [0.3, 0.4) is 0 Å². The van der Waals surface area contributed by atoms with Gasteiger partial charge in [-0.25, -0.2) is 9.37 Å². The van der Waals surface area contributed by atoms with Gasteiger partial charge in [-0.05, 0) is 84.0 Å². The number of hydrogen-bond acceptors (Lipinski definition) is 5. The van der Waals surface area contributed by atoms with Crippen LogP contribution >= 0.6 is 0 Å². The van der Waals surface area contributed by atoms with Crippen molar-refractivity contribution in [3.05, 3.63) is 95.2 Å². The van der Waals surface area contributed by atoms with Gasteiger partial charge in [-0.15, -0.1) is 0 Å². The lowest BCUT2D eigenvalue weighted by Crippen LogP contribution is -2.04. The van der Waals surface area contributed by atoms with Crippen LogP contribution in [0.2, 0.25) is 0 Å². The highest BCUT2D eigenvalue weighted by atomic mass is 19.1. The Morgan fingerprint density at radius 2 is 1.81 bits per heavy atom. The van der Waals surface area contributed by atoms with Crippen LogP contribution < -0.4 is 10.1 Å². The maximum Gasteiger partial charge on any atom is 0.307 e. The summed E-state index contributed by atoms with van der Waals surface area (Å²) < 4.78 is 20.0. The number of aromatic nitrogens is 2. The lowest BCUT2D eigenvalue weighted by atomic mass is 9.91. The quantitative estimate of drug-likeness (QED) is 0.294. The number of aliphatic carboxylic acids is 1. The number of anilines is 1. The fraction of sp³-hybridized carbons (Fsp3) is 0.233. The number of pyridine rings is 2. The van der Waals surface area contributed by atoms with E-state index in [9.17, 15) is 9.18 Å². The number of methoxy groups -OCH3 is 1. The Kier molecular flexibility index (Phi) is 6.61. The molecule has 7 heteroatoms. The summed E-state index contributed by atoms with van der Waals surface area (Å²) in [5, 5.41) is 12.4. The molecular formula is C30H28FN3O3. The van der Waals surface area contributed by atoms with E-state index in [4.69, 9.17) is 9.84 Å². The Morgan fingerprint density at radius 1 is 1.03 bits per heavy atom. The molecule has 2 aromatic carbocycles. The van der Waals surface area contributed by atoms with Gasteiger partial charge in [0.1, 0.15) is 5.82 Å². The van der Waals surface area contributed by atoms with E-state index in [1.54, 1.807) is 19.5 Å². The molecular weight excluding hydrogens is 469 g/mol. The summed E-state index contributed by atoms with van der Waals surface area (Å²) in [5.41, 5.74) is 8.40. The largest absolute Gasteiger partial charge is 0.481 e. The number of aryl methyl sites for hydroxylation is 2. The Morgan fingerprint density at radius 3 is 2.46 bits per heavy atom. The summed E-state index contributed by atoms with van der Waals surface area (Å²) in [6.45, 7) is 4.43. The Balaban J connectivity index is 1.34. The minimum absolute atomic E-state index is 0.0147. The van der Waals surface area contributed by atoms with Crippen molar-refractivity contribution >= 4 is 11.7 Å². The first kappa shape index (κ1) is 24.4. The minimum atomic E-state index is -0.776. The molecule has 1 fully saturated rings. The zero-order valence-electron chi connectivity index (χ0n) is 21.0. The smallest absolute Gasteiger partial charge is 0.307 e. The molecule has 5 rings (SSSR count). The van der Waals surface area contributed by atoms with Crippen LogP contribution in [0.1, 0.15) is 34.7 Å². The van der Waals surface area contributed by atoms with Crippen molar-refractivity contribution in [2.75, 3.05) is 12.4 Å². The van der Waals surface area contributed by atoms with Crippen molar-refractivity contribution in [3.63, 3.8) is 0 Å². The highest BCUT2D eigenvalue weighted by molar-refractivity contribution is 5.77. The van der Waals surface area contributed by atoms with Crippen LogP contribution in [-0.2, 0) is 11.3 Å². The third-order valence-corrected chi connectivity index (χ3v) is 6.90. The maximum absolute atomic E-state index is 14.7. The second kappa shape index (κ2) is 10.0. The number of ether oxygens (including phenoxy) is 1. The first-order chi connectivity index (χ1) is 17.8. The molecule has 2 atom stereocenters. The molecule has 2 N–H and O–H groups in total. The fourth-order valence-electron chi connectivity index (χ4n) is 4.87. The van der Waals surface area contributed by atoms with Crippen LogP contribution in [0, 0.1) is 25.6 Å². The highest BCUT2D eigenvalue weighted by Crippen LogP contribution is 2.46. The Labute approximate surface area is 215 Å². The van der Waals surface area contributed by atoms with Crippen LogP contribution in [0.4, 0.5) is 10.1 Å². The van der Waals surface area contributed by atoms with Crippen molar-refractivity contribution in [1.82, 2.24) is 9.97 Å². The van der Waals surface area contributed by atoms with Gasteiger partial charge in [0.25, 0.3) is 0 Å². The van der Waals surface area contributed by atoms with E-state index >= 15 is 0 Å². The van der Waals surface area contributed by atoms with Gasteiger partial charge >= 0.3 is 5.97 Å². The number of benzene rings is 2. The standard InChI is InChI=1S/C30H28FN3O3/c1-17-10-21(19-8-9-32-28(13-19)37-3)11-18(2)29(17)20-4-6-26(31)22(12-20)15-33-23-5-7-27(34-16-23)24-14-25(24)30(35)36/h4-13,16,24-25,33H,14-15H2,1-3H3,(H,35,36)/t24-,25-/m0/s1. The van der Waals surface area contributed by atoms with Gasteiger partial charge in [-0.1, -0.05) is 18.2 Å². The van der Waals surface area contributed by atoms with Crippen LogP contribution in [0.15, 0.2) is 67.0 Å². The molecule has 4 aromatic rings. The number of nitrogens with zero attached hydrogens (tertiary/aromatic N) is 2. The SMILES string of the molecule is COc1cc(-c2cc(C)c(-c3ccc(F)c(CNc4ccc([C@H]5C[C@@H]5C(=O)O)nc4)c3)c(C)c2)ccn1. The number of halogens is 1. The van der Waals surface area contributed by atoms with Gasteiger partial charge < -0.3 is 15.2 Å². The molecule has 0 saturated heterocycles. The van der Waals surface area contributed by atoms with Crippen LogP contribution in [0.25, 0.3) is 22.3 Å². The Hall–Kier alpha value is -4.26. The summed E-state index contributed by atoms with van der Waals surface area (Å²) in [5.74, 6) is -0.842. The first-order valence-corrected chi connectivity index (χ1v) is 12.2. The molecule has 1 aliphatic rings. The second-order valence-corrected chi connectivity index (χ2v) is 9.49. The summed E-state index contributed by atoms with van der Waals surface area (Å²) in [6.07, 6.45) is 4.03. The lowest BCUT2D eigenvalue weighted by Gasteiger charge is -2.15. The number of hydrogen-bond donors (Lipinski definition) is 2. The Bertz CT molecular complexity index is 1450. The molecule has 2 heterocycles. The monoisotopic (exact) mass is 497 g/mol. The summed E-state index contributed by atoms with van der Waals surface area (Å²) >= 11 is 0. The van der Waals surface area contributed by atoms with E-state index in [-0.39, 0.29) is 17.7 Å². The predicted molar refractivity (Wildman–Crippen MR) is 141 cm³/mol. The van der Waals surface area contributed by atoms with Crippen molar-refractivity contribution in [3.8, 4) is 28.1 Å². The van der Waals surface area contributed by atoms with E-state index in [2.05, 4.69) is 41.3 Å². The van der Waals surface area contributed by atoms with Gasteiger partial charge in [0.05, 0.1) is 24.9 Å². The fourth-order valence-corrected chi connectivity index (χ4v) is 4.87. The zero-order chi connectivity index (χ0) is 26.1. The van der Waals surface area contributed by atoms with E-state index < -0.39 is 5.97 Å². The third kappa shape index (κ3) is 5.16. The zero-order valence-corrected chi connectivity index (χ0v) is 21.0. The van der Waals surface area contributed by atoms with E-state index in [0.717, 1.165) is 44.8 Å². The number of rotatable bonds is 8. The van der Waals surface area contributed by atoms with Crippen molar-refractivity contribution in [1.29, 1.82) is 0 Å². The van der Waals surface area contributed by atoms with E-state index in [0.29, 0.717) is 24.4 Å². The molecule has 0 spiro atoms. The minimum Gasteiger partial charge on any atom is -0.481 e. The van der Waals surface area contributed by atoms with Gasteiger partial charge in [-0.2, -0.15) is 0 Å². The molecule has 0 amide bonds. The van der Waals surface area contributed by atoms with Crippen molar-refractivity contribution in [2.24, 2.45) is 5.92 Å². The number of nitrogens with one attached hydrogen (secondary N) is 1. The maximum atomic E-state index is 14.7. The van der Waals surface area contributed by atoms with Crippen LogP contribution in [0.5, 0.6) is 5.88 Å². The molecule has 1 aliphatic carbocycles. The lowest BCUT2D eigenvalue weighted by molar-refractivity contribution is -0.138. The highest BCUT2D eigenvalue weighted by Gasteiger charge is 2.45. The second-order valence-electron chi connectivity index (χ2n) is 9.49. The molecule has 2 aromatic heterocycles. The molecule has 0 radical (unpaired) electrons. The molecule has 0 aliphatic heterocycles. The summed E-state index contributed by atoms with van der Waals surface area (Å²) in [4.78, 5) is 19.7. The third-order valence-electron chi connectivity index (χ3n) is 6.90. The van der Waals surface area contributed by atoms with Crippen LogP contribution in [-0.4, -0.2) is 28.2 Å². The van der Waals surface area contributed by atoms with Gasteiger partial charge in [0.15, 0.2) is 0 Å². The van der Waals surface area contributed by atoms with Gasteiger partial charge in [-0.3, -0.25) is 9.78 Å². The van der Waals surface area contributed by atoms with Gasteiger partial charge in [0, 0.05) is 36.0 Å². The topological polar surface area (TPSA) is 84.3 Å². The normalized spacial score (nSPS) is 16.3. The molecule has 1 saturated carbocycles. The number of carbonyl (C=O) groups is 1. The average molecular weight is 498 g/mol. The van der Waals surface area contributed by atoms with E-state index in [1.165, 1.54) is 6.07 Å². The van der Waals surface area contributed by atoms with Gasteiger partial charge in [0.2, 0.25) is 5.88 Å². The predicted octanol–water partition coefficient (Wildman–Crippen LogP) is 6.38. The van der Waals surface area contributed by atoms with E-state index in [1.807, 2.05) is 36.4 Å². The summed E-state index contributed by atoms with van der Waals surface area (Å²) in [7, 11) is 1.60. The molecule has 37 heavy (non-hydrogen) atoms. The van der Waals surface area contributed by atoms with Crippen molar-refractivity contribution < 1.29 is 19.0 Å². The average Bonchev–Trinajstić information content (AvgIpc) is 3.70. The molecule has 6 nitrogen and oxygen atoms in total. The number of carboxylic acids is 1. The summed E-state index contributed by atoms with van der Waals surface area (Å²) in [6, 6.07) is 17.0. The first-order valence-electron chi connectivity index (χ1n) is 12.2.